The third-order valence-electron chi connectivity index (χ3n) is 5.07. The van der Waals surface area contributed by atoms with Gasteiger partial charge in [-0.3, -0.25) is 14.2 Å². The van der Waals surface area contributed by atoms with Crippen molar-refractivity contribution in [3.05, 3.63) is 94.8 Å². The Kier molecular flexibility index (Phi) is 7.17. The van der Waals surface area contributed by atoms with E-state index >= 15 is 0 Å². The zero-order chi connectivity index (χ0) is 23.4. The van der Waals surface area contributed by atoms with E-state index in [0.29, 0.717) is 30.5 Å². The van der Waals surface area contributed by atoms with Crippen LogP contribution in [0.2, 0.25) is 4.34 Å². The van der Waals surface area contributed by atoms with Crippen molar-refractivity contribution >= 4 is 52.4 Å². The fraction of sp³-hybridized carbons (Fsp3) is 0.167. The molecule has 0 saturated carbocycles. The number of ketones is 1. The Labute approximate surface area is 203 Å². The molecule has 2 aromatic carbocycles. The lowest BCUT2D eigenvalue weighted by Gasteiger charge is -2.04. The van der Waals surface area contributed by atoms with E-state index in [1.807, 2.05) is 30.3 Å². The van der Waals surface area contributed by atoms with Crippen LogP contribution in [0.25, 0.3) is 12.2 Å². The van der Waals surface area contributed by atoms with E-state index in [-0.39, 0.29) is 17.9 Å². The van der Waals surface area contributed by atoms with Crippen LogP contribution < -0.4 is 19.5 Å². The summed E-state index contributed by atoms with van der Waals surface area (Å²) in [6.07, 6.45) is 4.22. The van der Waals surface area contributed by atoms with Crippen LogP contribution in [-0.4, -0.2) is 27.0 Å². The Morgan fingerprint density at radius 1 is 1.18 bits per heavy atom. The summed E-state index contributed by atoms with van der Waals surface area (Å²) < 4.78 is 12.1. The molecule has 6 nitrogen and oxygen atoms in total. The summed E-state index contributed by atoms with van der Waals surface area (Å²) in [6, 6.07) is 15.0. The first-order valence-corrected chi connectivity index (χ1v) is 12.1. The molecule has 9 heteroatoms. The van der Waals surface area contributed by atoms with Crippen molar-refractivity contribution in [2.75, 3.05) is 7.11 Å². The molecule has 0 amide bonds. The predicted octanol–water partition coefficient (Wildman–Crippen LogP) is 3.53. The summed E-state index contributed by atoms with van der Waals surface area (Å²) in [4.78, 5) is 26.4. The molecule has 0 saturated heterocycles. The van der Waals surface area contributed by atoms with Crippen molar-refractivity contribution in [2.24, 2.45) is 0 Å². The van der Waals surface area contributed by atoms with Crippen molar-refractivity contribution in [1.82, 2.24) is 14.2 Å². The average molecular weight is 498 g/mol. The first kappa shape index (κ1) is 23.1. The second-order valence-electron chi connectivity index (χ2n) is 7.14. The Morgan fingerprint density at radius 3 is 2.61 bits per heavy atom. The molecule has 0 aliphatic carbocycles. The number of halogens is 1. The van der Waals surface area contributed by atoms with Crippen LogP contribution in [0.15, 0.2) is 53.3 Å². The molecule has 33 heavy (non-hydrogen) atoms. The summed E-state index contributed by atoms with van der Waals surface area (Å²) in [6.45, 7) is 2.22. The second-order valence-corrected chi connectivity index (χ2v) is 9.56. The van der Waals surface area contributed by atoms with Crippen molar-refractivity contribution in [3.63, 3.8) is 0 Å². The van der Waals surface area contributed by atoms with Gasteiger partial charge in [-0.1, -0.05) is 59.4 Å². The molecule has 2 aromatic heterocycles. The molecule has 0 radical (unpaired) electrons. The largest absolute Gasteiger partial charge is 0.496 e. The maximum absolute atomic E-state index is 13.3. The third kappa shape index (κ3) is 5.13. The third-order valence-corrected chi connectivity index (χ3v) is 7.11. The molecule has 0 fully saturated rings. The zero-order valence-electron chi connectivity index (χ0n) is 17.9. The normalized spacial score (nSPS) is 12.3. The van der Waals surface area contributed by atoms with E-state index in [2.05, 4.69) is 16.5 Å². The fourth-order valence-corrected chi connectivity index (χ4v) is 4.93. The predicted molar refractivity (Wildman–Crippen MR) is 133 cm³/mol. The number of hydrogen-bond donors (Lipinski definition) is 0. The molecule has 0 N–H and O–H groups in total. The zero-order valence-corrected chi connectivity index (χ0v) is 20.3. The average Bonchev–Trinajstić information content (AvgIpc) is 3.37. The number of Topliss-reactive ketones (excluding diaryl/α,β-unsaturated/α-hetero) is 1. The second kappa shape index (κ2) is 10.2. The Morgan fingerprint density at radius 2 is 1.94 bits per heavy atom. The monoisotopic (exact) mass is 497 g/mol. The van der Waals surface area contributed by atoms with Gasteiger partial charge in [0.25, 0.3) is 5.56 Å². The molecule has 0 atom stereocenters. The number of thiazole rings is 1. The molecule has 168 valence electrons. The number of rotatable bonds is 7. The topological polar surface area (TPSA) is 74.1 Å². The summed E-state index contributed by atoms with van der Waals surface area (Å²) in [5, 5.41) is 4.02. The summed E-state index contributed by atoms with van der Waals surface area (Å²) >= 11 is 8.48. The van der Waals surface area contributed by atoms with Crippen LogP contribution in [0.5, 0.6) is 5.75 Å². The van der Waals surface area contributed by atoms with Crippen LogP contribution in [0, 0.1) is 0 Å². The van der Waals surface area contributed by atoms with E-state index < -0.39 is 0 Å². The maximum atomic E-state index is 13.3. The Balaban J connectivity index is 1.85. The van der Waals surface area contributed by atoms with Gasteiger partial charge in [0.2, 0.25) is 0 Å². The Bertz CT molecular complexity index is 1470. The van der Waals surface area contributed by atoms with Gasteiger partial charge < -0.3 is 4.74 Å². The number of benzene rings is 2. The molecule has 2 heterocycles. The highest BCUT2D eigenvalue weighted by molar-refractivity contribution is 7.10. The molecule has 0 aliphatic rings. The number of carbonyl (C=O) groups is 1. The van der Waals surface area contributed by atoms with Crippen LogP contribution in [0.4, 0.5) is 0 Å². The lowest BCUT2D eigenvalue weighted by atomic mass is 10.1. The standard InChI is InChI=1S/C24H20ClN3O3S2/c1-3-15-8-10-16(11-9-15)12-21-24(30)28(14-18-23(25)33-27-26-18)22(32-21)13-19(29)17-6-4-5-7-20(17)31-2/h4-13H,3,14H2,1-2H3/b21-12+,22-13-. The van der Waals surface area contributed by atoms with Gasteiger partial charge in [-0.05, 0) is 35.8 Å². The lowest BCUT2D eigenvalue weighted by molar-refractivity contribution is 0.105. The first-order chi connectivity index (χ1) is 16.0. The van der Waals surface area contributed by atoms with E-state index in [4.69, 9.17) is 16.3 Å². The van der Waals surface area contributed by atoms with Crippen molar-refractivity contribution in [1.29, 1.82) is 0 Å². The van der Waals surface area contributed by atoms with Crippen molar-refractivity contribution < 1.29 is 9.53 Å². The van der Waals surface area contributed by atoms with Gasteiger partial charge in [-0.15, -0.1) is 16.4 Å². The minimum absolute atomic E-state index is 0.123. The van der Waals surface area contributed by atoms with Crippen LogP contribution >= 0.6 is 34.5 Å². The number of hydrogen-bond acceptors (Lipinski definition) is 7. The van der Waals surface area contributed by atoms with Crippen molar-refractivity contribution in [2.45, 2.75) is 19.9 Å². The van der Waals surface area contributed by atoms with Crippen molar-refractivity contribution in [3.8, 4) is 5.75 Å². The maximum Gasteiger partial charge on any atom is 0.269 e. The summed E-state index contributed by atoms with van der Waals surface area (Å²) in [5.74, 6) is 0.211. The van der Waals surface area contributed by atoms with Gasteiger partial charge >= 0.3 is 0 Å². The van der Waals surface area contributed by atoms with Gasteiger partial charge in [0.15, 0.2) is 5.78 Å². The van der Waals surface area contributed by atoms with E-state index in [0.717, 1.165) is 23.5 Å². The number of ether oxygens (including phenoxy) is 1. The highest BCUT2D eigenvalue weighted by atomic mass is 35.5. The molecule has 0 bridgehead atoms. The Hall–Kier alpha value is -3.07. The van der Waals surface area contributed by atoms with E-state index in [9.17, 15) is 9.59 Å². The summed E-state index contributed by atoms with van der Waals surface area (Å²) in [7, 11) is 1.52. The highest BCUT2D eigenvalue weighted by Gasteiger charge is 2.14. The van der Waals surface area contributed by atoms with Crippen LogP contribution in [0.1, 0.15) is 34.1 Å². The SMILES string of the molecule is CCc1ccc(/C=c2/s/c(=C\C(=O)c3ccccc3OC)n(Cc3nnsc3Cl)c2=O)cc1. The number of aromatic nitrogens is 3. The minimum atomic E-state index is -0.260. The number of aryl methyl sites for hydroxylation is 1. The lowest BCUT2D eigenvalue weighted by Crippen LogP contribution is -2.32. The molecular formula is C24H20ClN3O3S2. The molecular weight excluding hydrogens is 478 g/mol. The first-order valence-electron chi connectivity index (χ1n) is 10.2. The smallest absolute Gasteiger partial charge is 0.269 e. The minimum Gasteiger partial charge on any atom is -0.496 e. The van der Waals surface area contributed by atoms with Gasteiger partial charge in [-0.2, -0.15) is 0 Å². The number of para-hydroxylation sites is 1. The molecule has 0 unspecified atom stereocenters. The highest BCUT2D eigenvalue weighted by Crippen LogP contribution is 2.19. The van der Waals surface area contributed by atoms with E-state index in [1.54, 1.807) is 24.3 Å². The van der Waals surface area contributed by atoms with Crippen LogP contribution in [0.3, 0.4) is 0 Å². The van der Waals surface area contributed by atoms with Gasteiger partial charge in [0.1, 0.15) is 20.4 Å². The number of carbonyl (C=O) groups excluding carboxylic acids is 1. The fourth-order valence-electron chi connectivity index (χ4n) is 3.27. The number of methoxy groups -OCH3 is 1. The summed E-state index contributed by atoms with van der Waals surface area (Å²) in [5.41, 5.74) is 2.82. The molecule has 0 spiro atoms. The molecule has 4 rings (SSSR count). The number of nitrogens with zero attached hydrogens (tertiary/aromatic N) is 3. The molecule has 0 aliphatic heterocycles. The van der Waals surface area contributed by atoms with Gasteiger partial charge in [0, 0.05) is 17.6 Å². The van der Waals surface area contributed by atoms with Gasteiger partial charge in [0.05, 0.1) is 23.8 Å². The van der Waals surface area contributed by atoms with E-state index in [1.165, 1.54) is 34.7 Å². The quantitative estimate of drug-likeness (QED) is 0.365. The molecule has 4 aromatic rings. The van der Waals surface area contributed by atoms with Gasteiger partial charge in [-0.25, -0.2) is 0 Å². The van der Waals surface area contributed by atoms with Crippen LogP contribution in [-0.2, 0) is 13.0 Å².